The Bertz CT molecular complexity index is 1320. The first-order valence-corrected chi connectivity index (χ1v) is 13.1. The molecule has 0 bridgehead atoms. The van der Waals surface area contributed by atoms with Crippen LogP contribution in [0.5, 0.6) is 6.01 Å². The van der Waals surface area contributed by atoms with E-state index in [1.165, 1.54) is 24.4 Å². The Morgan fingerprint density at radius 3 is 2.24 bits per heavy atom. The van der Waals surface area contributed by atoms with Crippen LogP contribution in [-0.4, -0.2) is 65.1 Å². The van der Waals surface area contributed by atoms with Gasteiger partial charge in [-0.1, -0.05) is 0 Å². The lowest BCUT2D eigenvalue weighted by Gasteiger charge is -2.18. The van der Waals surface area contributed by atoms with Gasteiger partial charge in [-0.15, -0.1) is 0 Å². The van der Waals surface area contributed by atoms with Crippen LogP contribution in [0.15, 0.2) is 48.8 Å². The number of anilines is 2. The summed E-state index contributed by atoms with van der Waals surface area (Å²) in [4.78, 5) is 14.7. The molecule has 8 nitrogen and oxygen atoms in total. The molecule has 1 atom stereocenters. The van der Waals surface area contributed by atoms with Crippen LogP contribution in [0.4, 0.5) is 37.8 Å². The number of likely N-dealkylation sites (N-methyl/N-ethyl adjacent to an activating group) is 1. The third kappa shape index (κ3) is 8.76. The van der Waals surface area contributed by atoms with Crippen LogP contribution in [0.3, 0.4) is 0 Å². The third-order valence-corrected chi connectivity index (χ3v) is 6.48. The number of ether oxygens (including phenoxy) is 3. The molecule has 1 fully saturated rings. The summed E-state index contributed by atoms with van der Waals surface area (Å²) in [7, 11) is 2.04. The van der Waals surface area contributed by atoms with E-state index < -0.39 is 29.3 Å². The number of hydrogen-bond acceptors (Lipinski definition) is 8. The van der Waals surface area contributed by atoms with Crippen molar-refractivity contribution in [1.29, 1.82) is 0 Å². The molecule has 1 saturated heterocycles. The fourth-order valence-electron chi connectivity index (χ4n) is 4.28. The predicted molar refractivity (Wildman–Crippen MR) is 141 cm³/mol. The molecule has 4 heterocycles. The second kappa shape index (κ2) is 12.8. The minimum absolute atomic E-state index is 0.205. The fraction of sp³-hybridized carbons (Fsp3) is 0.464. The van der Waals surface area contributed by atoms with Crippen molar-refractivity contribution in [3.8, 4) is 6.01 Å². The van der Waals surface area contributed by atoms with E-state index in [0.717, 1.165) is 61.6 Å². The van der Waals surface area contributed by atoms with Crippen LogP contribution in [0.2, 0.25) is 0 Å². The van der Waals surface area contributed by atoms with Crippen molar-refractivity contribution in [3.05, 3.63) is 71.2 Å². The van der Waals surface area contributed by atoms with Crippen LogP contribution >= 0.6 is 0 Å². The number of rotatable bonds is 5. The Labute approximate surface area is 239 Å². The van der Waals surface area contributed by atoms with E-state index in [1.54, 1.807) is 0 Å². The highest BCUT2D eigenvalue weighted by Gasteiger charge is 2.34. The Morgan fingerprint density at radius 1 is 0.976 bits per heavy atom. The average molecular weight is 600 g/mol. The molecule has 5 rings (SSSR count). The molecular formula is C28H31F6N5O3. The summed E-state index contributed by atoms with van der Waals surface area (Å²) in [5, 5.41) is 3.16. The quantitative estimate of drug-likeness (QED) is 0.363. The highest BCUT2D eigenvalue weighted by atomic mass is 19.4. The van der Waals surface area contributed by atoms with Gasteiger partial charge in [0.25, 0.3) is 0 Å². The number of alkyl halides is 6. The van der Waals surface area contributed by atoms with Gasteiger partial charge in [-0.3, -0.25) is 4.98 Å². The van der Waals surface area contributed by atoms with Crippen LogP contribution in [0.1, 0.15) is 36.2 Å². The molecule has 2 aliphatic rings. The topological polar surface area (TPSA) is 81.6 Å². The molecule has 2 aromatic heterocycles. The summed E-state index contributed by atoms with van der Waals surface area (Å²) < 4.78 is 91.1. The normalized spacial score (nSPS) is 18.8. The lowest BCUT2D eigenvalue weighted by atomic mass is 10.1. The molecule has 0 spiro atoms. The second-order valence-electron chi connectivity index (χ2n) is 10.3. The summed E-state index contributed by atoms with van der Waals surface area (Å²) in [5.74, 6) is -0.105. The molecule has 0 radical (unpaired) electrons. The first kappa shape index (κ1) is 31.4. The van der Waals surface area contributed by atoms with Gasteiger partial charge in [0.2, 0.25) is 0 Å². The second-order valence-corrected chi connectivity index (χ2v) is 10.3. The molecule has 2 aliphatic heterocycles. The molecule has 1 aromatic carbocycles. The molecule has 42 heavy (non-hydrogen) atoms. The summed E-state index contributed by atoms with van der Waals surface area (Å²) >= 11 is 0. The maximum atomic E-state index is 12.9. The zero-order valence-corrected chi connectivity index (χ0v) is 23.2. The summed E-state index contributed by atoms with van der Waals surface area (Å²) in [6.07, 6.45) is -5.34. The van der Waals surface area contributed by atoms with Gasteiger partial charge in [0.1, 0.15) is 18.5 Å². The third-order valence-electron chi connectivity index (χ3n) is 6.48. The molecule has 228 valence electrons. The minimum atomic E-state index is -4.38. The highest BCUT2D eigenvalue weighted by Crippen LogP contribution is 2.32. The van der Waals surface area contributed by atoms with Crippen molar-refractivity contribution in [2.45, 2.75) is 50.9 Å². The number of fused-ring (bicyclic) bond motifs is 1. The van der Waals surface area contributed by atoms with Crippen LogP contribution < -0.4 is 10.1 Å². The van der Waals surface area contributed by atoms with Crippen molar-refractivity contribution in [1.82, 2.24) is 19.9 Å². The number of hydrogen-bond donors (Lipinski definition) is 1. The van der Waals surface area contributed by atoms with Gasteiger partial charge in [-0.25, -0.2) is 0 Å². The largest absolute Gasteiger partial charge is 0.461 e. The summed E-state index contributed by atoms with van der Waals surface area (Å²) in [6.45, 7) is 6.02. The molecule has 0 saturated carbocycles. The monoisotopic (exact) mass is 599 g/mol. The number of halogens is 6. The molecule has 0 aliphatic carbocycles. The lowest BCUT2D eigenvalue weighted by Crippen LogP contribution is -2.25. The van der Waals surface area contributed by atoms with E-state index in [2.05, 4.69) is 25.2 Å². The van der Waals surface area contributed by atoms with Gasteiger partial charge in [0.15, 0.2) is 5.79 Å². The molecule has 1 N–H and O–H groups in total. The number of aromatic nitrogens is 3. The van der Waals surface area contributed by atoms with Gasteiger partial charge < -0.3 is 24.4 Å². The zero-order chi connectivity index (χ0) is 30.5. The number of nitrogens with one attached hydrogen (secondary N) is 1. The zero-order valence-electron chi connectivity index (χ0n) is 23.2. The maximum absolute atomic E-state index is 12.9. The van der Waals surface area contributed by atoms with Gasteiger partial charge in [-0.2, -0.15) is 36.3 Å². The van der Waals surface area contributed by atoms with Gasteiger partial charge in [0, 0.05) is 43.2 Å². The van der Waals surface area contributed by atoms with Crippen LogP contribution in [-0.2, 0) is 34.7 Å². The van der Waals surface area contributed by atoms with Crippen LogP contribution in [0, 0.1) is 0 Å². The Morgan fingerprint density at radius 2 is 1.67 bits per heavy atom. The number of pyridine rings is 1. The molecule has 3 aromatic rings. The van der Waals surface area contributed by atoms with Gasteiger partial charge >= 0.3 is 18.4 Å². The minimum Gasteiger partial charge on any atom is -0.461 e. The van der Waals surface area contributed by atoms with Crippen molar-refractivity contribution >= 4 is 11.5 Å². The molecule has 14 heteroatoms. The number of nitrogens with zero attached hydrogens (tertiary/aromatic N) is 4. The van der Waals surface area contributed by atoms with Crippen LogP contribution in [0.25, 0.3) is 0 Å². The van der Waals surface area contributed by atoms with E-state index in [1.807, 2.05) is 20.9 Å². The van der Waals surface area contributed by atoms with E-state index in [4.69, 9.17) is 14.2 Å². The Hall–Kier alpha value is -3.49. The predicted octanol–water partition coefficient (Wildman–Crippen LogP) is 5.90. The Balaban J connectivity index is 0.000000343. The molecule has 0 amide bonds. The van der Waals surface area contributed by atoms with Crippen molar-refractivity contribution in [2.24, 2.45) is 0 Å². The van der Waals surface area contributed by atoms with E-state index in [9.17, 15) is 26.3 Å². The summed E-state index contributed by atoms with van der Waals surface area (Å²) in [5.41, 5.74) is 0.921. The van der Waals surface area contributed by atoms with E-state index >= 15 is 0 Å². The number of benzene rings is 1. The SMILES string of the molecule is CN1CCc2nc(OC[C@H]3COC(C)(C)O3)nc(Nc3ccc(C(F)(F)F)cc3)c2CC1.FC(F)(F)c1cccnc1. The fourth-order valence-corrected chi connectivity index (χ4v) is 4.28. The van der Waals surface area contributed by atoms with Gasteiger partial charge in [-0.05, 0) is 63.7 Å². The molecular weight excluding hydrogens is 568 g/mol. The lowest BCUT2D eigenvalue weighted by molar-refractivity contribution is -0.141. The van der Waals surface area contributed by atoms with E-state index in [-0.39, 0.29) is 18.7 Å². The standard InChI is InChI=1S/C22H27F3N4O3.C6H4F3N/c1-21(2)31-13-16(32-21)12-30-20-27-18-9-11-29(3)10-8-17(18)19(28-20)26-15-6-4-14(5-7-15)22(23,24)25;7-6(8,9)5-2-1-3-10-4-5/h4-7,16H,8-13H2,1-3H3,(H,26,27,28);1-4H/t16-;/m0./s1. The first-order chi connectivity index (χ1) is 19.7. The molecule has 0 unspecified atom stereocenters. The first-order valence-electron chi connectivity index (χ1n) is 13.1. The Kier molecular flexibility index (Phi) is 9.58. The van der Waals surface area contributed by atoms with Crippen molar-refractivity contribution < 1.29 is 40.6 Å². The van der Waals surface area contributed by atoms with Crippen molar-refractivity contribution in [3.63, 3.8) is 0 Å². The average Bonchev–Trinajstić information content (AvgIpc) is 3.16. The van der Waals surface area contributed by atoms with E-state index in [0.29, 0.717) is 18.1 Å². The van der Waals surface area contributed by atoms with Crippen molar-refractivity contribution in [2.75, 3.05) is 38.7 Å². The smallest absolute Gasteiger partial charge is 0.417 e. The summed E-state index contributed by atoms with van der Waals surface area (Å²) in [6, 6.07) is 7.32. The highest BCUT2D eigenvalue weighted by molar-refractivity contribution is 5.61. The maximum Gasteiger partial charge on any atom is 0.417 e. The van der Waals surface area contributed by atoms with Gasteiger partial charge in [0.05, 0.1) is 23.4 Å².